The largest absolute Gasteiger partial charge is 0.396 e. The monoisotopic (exact) mass is 155 g/mol. The van der Waals surface area contributed by atoms with E-state index in [0.29, 0.717) is 6.42 Å². The summed E-state index contributed by atoms with van der Waals surface area (Å²) in [7, 11) is 1.90. The van der Waals surface area contributed by atoms with Crippen molar-refractivity contribution in [2.24, 2.45) is 7.05 Å². The van der Waals surface area contributed by atoms with E-state index in [-0.39, 0.29) is 6.61 Å². The first-order valence-corrected chi connectivity index (χ1v) is 3.65. The van der Waals surface area contributed by atoms with Crippen LogP contribution in [-0.4, -0.2) is 21.4 Å². The highest BCUT2D eigenvalue weighted by atomic mass is 16.3. The van der Waals surface area contributed by atoms with E-state index in [1.54, 1.807) is 0 Å². The van der Waals surface area contributed by atoms with Gasteiger partial charge in [0.2, 0.25) is 0 Å². The summed E-state index contributed by atoms with van der Waals surface area (Å²) >= 11 is 0. The van der Waals surface area contributed by atoms with E-state index in [1.165, 1.54) is 0 Å². The maximum absolute atomic E-state index is 9.36. The quantitative estimate of drug-likeness (QED) is 0.665. The summed E-state index contributed by atoms with van der Waals surface area (Å²) in [4.78, 5) is 0. The fourth-order valence-corrected chi connectivity index (χ4v) is 1.01. The van der Waals surface area contributed by atoms with Crippen molar-refractivity contribution in [2.45, 2.75) is 12.5 Å². The van der Waals surface area contributed by atoms with Gasteiger partial charge in [-0.1, -0.05) is 0 Å². The zero-order chi connectivity index (χ0) is 8.27. The van der Waals surface area contributed by atoms with Crippen molar-refractivity contribution in [2.75, 3.05) is 6.61 Å². The van der Waals surface area contributed by atoms with Gasteiger partial charge in [0, 0.05) is 32.5 Å². The maximum Gasteiger partial charge on any atom is 0.0826 e. The number of aliphatic hydroxyl groups is 2. The Morgan fingerprint density at radius 1 is 1.64 bits per heavy atom. The predicted molar refractivity (Wildman–Crippen MR) is 42.1 cm³/mol. The molecule has 1 aromatic heterocycles. The van der Waals surface area contributed by atoms with Crippen LogP contribution in [0, 0.1) is 0 Å². The van der Waals surface area contributed by atoms with Crippen LogP contribution in [0.1, 0.15) is 18.1 Å². The molecule has 0 aromatic carbocycles. The normalized spacial score (nSPS) is 13.4. The van der Waals surface area contributed by atoms with Crippen LogP contribution in [0.2, 0.25) is 0 Å². The fraction of sp³-hybridized carbons (Fsp3) is 0.500. The summed E-state index contributed by atoms with van der Waals surface area (Å²) in [5.41, 5.74) is 0.863. The van der Waals surface area contributed by atoms with E-state index < -0.39 is 6.10 Å². The van der Waals surface area contributed by atoms with Gasteiger partial charge in [0.25, 0.3) is 0 Å². The van der Waals surface area contributed by atoms with Crippen LogP contribution in [0.3, 0.4) is 0 Å². The highest BCUT2D eigenvalue weighted by Crippen LogP contribution is 2.15. The molecule has 0 amide bonds. The second-order valence-corrected chi connectivity index (χ2v) is 2.64. The molecule has 0 saturated carbocycles. The predicted octanol–water partition coefficient (Wildman–Crippen LogP) is 0.441. The molecular weight excluding hydrogens is 142 g/mol. The van der Waals surface area contributed by atoms with Crippen molar-refractivity contribution in [1.29, 1.82) is 0 Å². The Morgan fingerprint density at radius 2 is 2.36 bits per heavy atom. The lowest BCUT2D eigenvalue weighted by molar-refractivity contribution is 0.134. The number of nitrogens with zero attached hydrogens (tertiary/aromatic N) is 1. The lowest BCUT2D eigenvalue weighted by Gasteiger charge is -2.04. The molecule has 3 nitrogen and oxygen atoms in total. The molecule has 1 unspecified atom stereocenters. The SMILES string of the molecule is Cn1ccc(C(O)CCO)c1. The van der Waals surface area contributed by atoms with Crippen LogP contribution in [0.15, 0.2) is 18.5 Å². The smallest absolute Gasteiger partial charge is 0.0826 e. The Bertz CT molecular complexity index is 220. The number of aliphatic hydroxyl groups excluding tert-OH is 2. The van der Waals surface area contributed by atoms with Crippen molar-refractivity contribution in [3.8, 4) is 0 Å². The summed E-state index contributed by atoms with van der Waals surface area (Å²) in [6.45, 7) is 0.0239. The first-order valence-electron chi connectivity index (χ1n) is 3.65. The lowest BCUT2D eigenvalue weighted by Crippen LogP contribution is -1.98. The second-order valence-electron chi connectivity index (χ2n) is 2.64. The minimum atomic E-state index is -0.527. The van der Waals surface area contributed by atoms with Gasteiger partial charge in [0.15, 0.2) is 0 Å². The van der Waals surface area contributed by atoms with Gasteiger partial charge in [-0.05, 0) is 11.6 Å². The van der Waals surface area contributed by atoms with Gasteiger partial charge in [0.1, 0.15) is 0 Å². The van der Waals surface area contributed by atoms with Gasteiger partial charge >= 0.3 is 0 Å². The van der Waals surface area contributed by atoms with Gasteiger partial charge in [-0.25, -0.2) is 0 Å². The van der Waals surface area contributed by atoms with Crippen LogP contribution in [0.4, 0.5) is 0 Å². The van der Waals surface area contributed by atoms with E-state index in [1.807, 2.05) is 30.1 Å². The zero-order valence-corrected chi connectivity index (χ0v) is 6.57. The lowest BCUT2D eigenvalue weighted by atomic mass is 10.1. The average Bonchev–Trinajstić information content (AvgIpc) is 2.36. The third kappa shape index (κ3) is 2.06. The molecule has 0 saturated heterocycles. The Balaban J connectivity index is 2.60. The van der Waals surface area contributed by atoms with E-state index in [4.69, 9.17) is 5.11 Å². The third-order valence-electron chi connectivity index (χ3n) is 1.64. The summed E-state index contributed by atoms with van der Waals surface area (Å²) in [5.74, 6) is 0. The van der Waals surface area contributed by atoms with Crippen molar-refractivity contribution in [3.63, 3.8) is 0 Å². The van der Waals surface area contributed by atoms with Gasteiger partial charge < -0.3 is 14.8 Å². The standard InChI is InChI=1S/C8H13NO2/c1-9-4-2-7(6-9)8(11)3-5-10/h2,4,6,8,10-11H,3,5H2,1H3. The van der Waals surface area contributed by atoms with E-state index >= 15 is 0 Å². The maximum atomic E-state index is 9.36. The Morgan fingerprint density at radius 3 is 2.82 bits per heavy atom. The molecule has 2 N–H and O–H groups in total. The molecule has 0 aliphatic rings. The Hall–Kier alpha value is -0.800. The molecule has 0 aliphatic heterocycles. The van der Waals surface area contributed by atoms with E-state index in [0.717, 1.165) is 5.56 Å². The molecule has 0 bridgehead atoms. The van der Waals surface area contributed by atoms with Crippen LogP contribution in [-0.2, 0) is 7.05 Å². The number of rotatable bonds is 3. The van der Waals surface area contributed by atoms with Gasteiger partial charge in [-0.15, -0.1) is 0 Å². The van der Waals surface area contributed by atoms with Gasteiger partial charge in [-0.3, -0.25) is 0 Å². The number of aromatic nitrogens is 1. The summed E-state index contributed by atoms with van der Waals surface area (Å²) in [6, 6.07) is 1.85. The summed E-state index contributed by atoms with van der Waals surface area (Å²) in [6.07, 6.45) is 3.60. The minimum absolute atomic E-state index is 0.0239. The zero-order valence-electron chi connectivity index (χ0n) is 6.57. The highest BCUT2D eigenvalue weighted by molar-refractivity contribution is 5.12. The first-order chi connectivity index (χ1) is 5.24. The van der Waals surface area contributed by atoms with Crippen molar-refractivity contribution >= 4 is 0 Å². The molecule has 0 spiro atoms. The molecule has 62 valence electrons. The summed E-state index contributed by atoms with van der Waals surface area (Å²) in [5, 5.41) is 17.9. The number of hydrogen-bond acceptors (Lipinski definition) is 2. The molecular formula is C8H13NO2. The summed E-state index contributed by atoms with van der Waals surface area (Å²) < 4.78 is 1.87. The molecule has 1 heterocycles. The van der Waals surface area contributed by atoms with Crippen LogP contribution in [0.5, 0.6) is 0 Å². The average molecular weight is 155 g/mol. The molecule has 0 radical (unpaired) electrons. The van der Waals surface area contributed by atoms with Crippen molar-refractivity contribution in [1.82, 2.24) is 4.57 Å². The molecule has 1 atom stereocenters. The minimum Gasteiger partial charge on any atom is -0.396 e. The van der Waals surface area contributed by atoms with Crippen LogP contribution in [0.25, 0.3) is 0 Å². The first kappa shape index (κ1) is 8.30. The van der Waals surface area contributed by atoms with Crippen LogP contribution >= 0.6 is 0 Å². The topological polar surface area (TPSA) is 45.4 Å². The second kappa shape index (κ2) is 3.55. The highest BCUT2D eigenvalue weighted by Gasteiger charge is 2.06. The van der Waals surface area contributed by atoms with Crippen molar-refractivity contribution in [3.05, 3.63) is 24.0 Å². The van der Waals surface area contributed by atoms with Gasteiger partial charge in [0.05, 0.1) is 6.10 Å². The number of hydrogen-bond donors (Lipinski definition) is 2. The molecule has 0 aliphatic carbocycles. The number of aryl methyl sites for hydroxylation is 1. The fourth-order valence-electron chi connectivity index (χ4n) is 1.01. The van der Waals surface area contributed by atoms with E-state index in [9.17, 15) is 5.11 Å². The van der Waals surface area contributed by atoms with Gasteiger partial charge in [-0.2, -0.15) is 0 Å². The Kier molecular flexibility index (Phi) is 2.68. The van der Waals surface area contributed by atoms with Crippen molar-refractivity contribution < 1.29 is 10.2 Å². The van der Waals surface area contributed by atoms with Crippen LogP contribution < -0.4 is 0 Å². The Labute approximate surface area is 65.9 Å². The molecule has 1 aromatic rings. The molecule has 11 heavy (non-hydrogen) atoms. The third-order valence-corrected chi connectivity index (χ3v) is 1.64. The molecule has 3 heteroatoms. The molecule has 1 rings (SSSR count). The van der Waals surface area contributed by atoms with E-state index in [2.05, 4.69) is 0 Å². The molecule has 0 fully saturated rings.